The predicted octanol–water partition coefficient (Wildman–Crippen LogP) is 2.14. The summed E-state index contributed by atoms with van der Waals surface area (Å²) in [4.78, 5) is 0. The van der Waals surface area contributed by atoms with Gasteiger partial charge in [-0.2, -0.15) is 0 Å². The Morgan fingerprint density at radius 1 is 1.46 bits per heavy atom. The summed E-state index contributed by atoms with van der Waals surface area (Å²) in [6, 6.07) is 5.54. The van der Waals surface area contributed by atoms with Gasteiger partial charge in [-0.15, -0.1) is 0 Å². The number of aliphatic hydroxyl groups excluding tert-OH is 1. The minimum atomic E-state index is -0.530. The Bertz CT molecular complexity index is 299. The highest BCUT2D eigenvalue weighted by Gasteiger charge is 2.15. The van der Waals surface area contributed by atoms with E-state index >= 15 is 0 Å². The van der Waals surface area contributed by atoms with Crippen LogP contribution in [0.3, 0.4) is 0 Å². The molecule has 0 aliphatic rings. The zero-order valence-electron chi connectivity index (χ0n) is 7.79. The Labute approximate surface area is 86.9 Å². The molecule has 1 aromatic carbocycles. The quantitative estimate of drug-likeness (QED) is 0.837. The smallest absolute Gasteiger partial charge is 0.0705 e. The molecule has 0 fully saturated rings. The molecule has 1 aromatic rings. The first kappa shape index (κ1) is 10.7. The van der Waals surface area contributed by atoms with E-state index in [1.165, 1.54) is 0 Å². The van der Waals surface area contributed by atoms with Gasteiger partial charge >= 0.3 is 0 Å². The van der Waals surface area contributed by atoms with E-state index in [9.17, 15) is 5.11 Å². The molecule has 0 heterocycles. The van der Waals surface area contributed by atoms with Crippen LogP contribution >= 0.6 is 15.9 Å². The maximum Gasteiger partial charge on any atom is 0.0705 e. The van der Waals surface area contributed by atoms with Crippen molar-refractivity contribution in [2.75, 3.05) is 0 Å². The molecule has 3 heteroatoms. The van der Waals surface area contributed by atoms with Crippen molar-refractivity contribution < 1.29 is 5.11 Å². The molecule has 0 saturated heterocycles. The second-order valence-corrected chi connectivity index (χ2v) is 4.04. The number of hydrogen-bond donors (Lipinski definition) is 2. The Morgan fingerprint density at radius 3 is 2.62 bits per heavy atom. The van der Waals surface area contributed by atoms with Gasteiger partial charge in [-0.25, -0.2) is 0 Å². The molecule has 0 aliphatic heterocycles. The van der Waals surface area contributed by atoms with Crippen LogP contribution in [0.5, 0.6) is 0 Å². The molecule has 0 saturated carbocycles. The highest BCUT2D eigenvalue weighted by Crippen LogP contribution is 2.26. The number of hydrogen-bond acceptors (Lipinski definition) is 2. The first-order valence-electron chi connectivity index (χ1n) is 4.22. The average Bonchev–Trinajstić information content (AvgIpc) is 2.08. The Balaban J connectivity index is 3.07. The molecule has 0 aromatic heterocycles. The summed E-state index contributed by atoms with van der Waals surface area (Å²) in [6.07, 6.45) is -0.530. The van der Waals surface area contributed by atoms with Crippen molar-refractivity contribution >= 4 is 15.9 Å². The summed E-state index contributed by atoms with van der Waals surface area (Å²) in [5.41, 5.74) is 7.91. The average molecular weight is 244 g/mol. The lowest BCUT2D eigenvalue weighted by Gasteiger charge is -2.17. The molecule has 0 unspecified atom stereocenters. The van der Waals surface area contributed by atoms with Gasteiger partial charge in [-0.05, 0) is 25.0 Å². The molecule has 0 bridgehead atoms. The summed E-state index contributed by atoms with van der Waals surface area (Å²) in [5, 5.41) is 9.34. The lowest BCUT2D eigenvalue weighted by molar-refractivity contribution is 0.164. The SMILES string of the molecule is Cc1cccc([C@H](N)[C@H](C)O)c1Br. The van der Waals surface area contributed by atoms with E-state index in [1.807, 2.05) is 25.1 Å². The van der Waals surface area contributed by atoms with Crippen LogP contribution in [-0.4, -0.2) is 11.2 Å². The predicted molar refractivity (Wildman–Crippen MR) is 57.5 cm³/mol. The molecule has 0 spiro atoms. The molecule has 72 valence electrons. The molecule has 2 atom stereocenters. The van der Waals surface area contributed by atoms with Gasteiger partial charge in [0.2, 0.25) is 0 Å². The van der Waals surface area contributed by atoms with Gasteiger partial charge in [0.15, 0.2) is 0 Å². The first-order valence-corrected chi connectivity index (χ1v) is 5.02. The monoisotopic (exact) mass is 243 g/mol. The minimum Gasteiger partial charge on any atom is -0.391 e. The number of aryl methyl sites for hydroxylation is 1. The number of halogens is 1. The Hall–Kier alpha value is -0.380. The number of benzene rings is 1. The van der Waals surface area contributed by atoms with Gasteiger partial charge in [0, 0.05) is 4.47 Å². The van der Waals surface area contributed by atoms with Crippen LogP contribution in [0, 0.1) is 6.92 Å². The van der Waals surface area contributed by atoms with Crippen molar-refractivity contribution in [2.45, 2.75) is 26.0 Å². The zero-order chi connectivity index (χ0) is 10.0. The molecule has 13 heavy (non-hydrogen) atoms. The fourth-order valence-electron chi connectivity index (χ4n) is 1.19. The van der Waals surface area contributed by atoms with E-state index in [-0.39, 0.29) is 6.04 Å². The van der Waals surface area contributed by atoms with E-state index in [4.69, 9.17) is 5.73 Å². The van der Waals surface area contributed by atoms with Crippen LogP contribution in [0.25, 0.3) is 0 Å². The minimum absolute atomic E-state index is 0.325. The van der Waals surface area contributed by atoms with Crippen molar-refractivity contribution in [3.63, 3.8) is 0 Å². The van der Waals surface area contributed by atoms with Crippen LogP contribution in [0.2, 0.25) is 0 Å². The molecule has 3 N–H and O–H groups in total. The topological polar surface area (TPSA) is 46.2 Å². The van der Waals surface area contributed by atoms with Crippen molar-refractivity contribution in [2.24, 2.45) is 5.73 Å². The zero-order valence-corrected chi connectivity index (χ0v) is 9.38. The van der Waals surface area contributed by atoms with Gasteiger partial charge in [-0.1, -0.05) is 34.1 Å². The number of rotatable bonds is 2. The molecule has 2 nitrogen and oxygen atoms in total. The van der Waals surface area contributed by atoms with Crippen molar-refractivity contribution in [3.05, 3.63) is 33.8 Å². The van der Waals surface area contributed by atoms with E-state index in [0.717, 1.165) is 15.6 Å². The highest BCUT2D eigenvalue weighted by atomic mass is 79.9. The van der Waals surface area contributed by atoms with E-state index < -0.39 is 6.10 Å². The fourth-order valence-corrected chi connectivity index (χ4v) is 1.72. The molecule has 0 radical (unpaired) electrons. The van der Waals surface area contributed by atoms with E-state index in [1.54, 1.807) is 6.92 Å². The third kappa shape index (κ3) is 2.30. The maximum atomic E-state index is 9.34. The molecule has 0 aliphatic carbocycles. The van der Waals surface area contributed by atoms with Crippen molar-refractivity contribution in [3.8, 4) is 0 Å². The van der Waals surface area contributed by atoms with Crippen LogP contribution in [0.1, 0.15) is 24.1 Å². The van der Waals surface area contributed by atoms with Gasteiger partial charge in [0.1, 0.15) is 0 Å². The Kier molecular flexibility index (Phi) is 3.47. The van der Waals surface area contributed by atoms with Crippen LogP contribution in [-0.2, 0) is 0 Å². The largest absolute Gasteiger partial charge is 0.391 e. The van der Waals surface area contributed by atoms with Gasteiger partial charge < -0.3 is 10.8 Å². The van der Waals surface area contributed by atoms with Crippen molar-refractivity contribution in [1.82, 2.24) is 0 Å². The third-order valence-electron chi connectivity index (χ3n) is 2.10. The lowest BCUT2D eigenvalue weighted by Crippen LogP contribution is -2.23. The second kappa shape index (κ2) is 4.22. The lowest BCUT2D eigenvalue weighted by atomic mass is 10.0. The first-order chi connectivity index (χ1) is 6.04. The maximum absolute atomic E-state index is 9.34. The highest BCUT2D eigenvalue weighted by molar-refractivity contribution is 9.10. The summed E-state index contributed by atoms with van der Waals surface area (Å²) < 4.78 is 0.989. The van der Waals surface area contributed by atoms with Crippen LogP contribution in [0.4, 0.5) is 0 Å². The Morgan fingerprint density at radius 2 is 2.08 bits per heavy atom. The third-order valence-corrected chi connectivity index (χ3v) is 3.18. The van der Waals surface area contributed by atoms with Crippen LogP contribution < -0.4 is 5.73 Å². The van der Waals surface area contributed by atoms with Gasteiger partial charge in [0.25, 0.3) is 0 Å². The fraction of sp³-hybridized carbons (Fsp3) is 0.400. The summed E-state index contributed by atoms with van der Waals surface area (Å²) in [5.74, 6) is 0. The van der Waals surface area contributed by atoms with Crippen molar-refractivity contribution in [1.29, 1.82) is 0 Å². The number of aliphatic hydroxyl groups is 1. The second-order valence-electron chi connectivity index (χ2n) is 3.24. The molecular formula is C10H14BrNO. The summed E-state index contributed by atoms with van der Waals surface area (Å²) in [6.45, 7) is 3.70. The number of nitrogens with two attached hydrogens (primary N) is 1. The van der Waals surface area contributed by atoms with Gasteiger partial charge in [0.05, 0.1) is 12.1 Å². The molecule has 0 amide bonds. The standard InChI is InChI=1S/C10H14BrNO/c1-6-4-3-5-8(9(6)11)10(12)7(2)13/h3-5,7,10,13H,12H2,1-2H3/t7-,10+/m0/s1. The van der Waals surface area contributed by atoms with Crippen LogP contribution in [0.15, 0.2) is 22.7 Å². The van der Waals surface area contributed by atoms with Gasteiger partial charge in [-0.3, -0.25) is 0 Å². The molecular weight excluding hydrogens is 230 g/mol. The van der Waals surface area contributed by atoms with E-state index in [0.29, 0.717) is 0 Å². The normalized spacial score (nSPS) is 15.5. The summed E-state index contributed by atoms with van der Waals surface area (Å²) >= 11 is 3.46. The molecule has 1 rings (SSSR count). The summed E-state index contributed by atoms with van der Waals surface area (Å²) in [7, 11) is 0. The van der Waals surface area contributed by atoms with E-state index in [2.05, 4.69) is 15.9 Å².